The zero-order chi connectivity index (χ0) is 24.4. The smallest absolute Gasteiger partial charge is 0.271 e. The lowest BCUT2D eigenvalue weighted by Gasteiger charge is -2.18. The summed E-state index contributed by atoms with van der Waals surface area (Å²) in [5, 5.41) is 5.07. The Hall–Kier alpha value is -4.11. The molecule has 176 valence electrons. The first kappa shape index (κ1) is 22.7. The van der Waals surface area contributed by atoms with E-state index >= 15 is 0 Å². The Morgan fingerprint density at radius 2 is 1.86 bits per heavy atom. The third kappa shape index (κ3) is 4.76. The summed E-state index contributed by atoms with van der Waals surface area (Å²) in [7, 11) is -3.50. The van der Waals surface area contributed by atoms with Gasteiger partial charge in [-0.1, -0.05) is 30.3 Å². The number of nitrogens with zero attached hydrogens (tertiary/aromatic N) is 2. The molecule has 1 amide bonds. The normalized spacial score (nSPS) is 15.5. The Morgan fingerprint density at radius 1 is 1.06 bits per heavy atom. The molecule has 2 heterocycles. The highest BCUT2D eigenvalue weighted by Crippen LogP contribution is 2.26. The molecule has 35 heavy (non-hydrogen) atoms. The molecule has 0 saturated heterocycles. The van der Waals surface area contributed by atoms with Crippen molar-refractivity contribution in [2.24, 2.45) is 5.10 Å². The number of halogens is 1. The van der Waals surface area contributed by atoms with Gasteiger partial charge in [-0.15, -0.1) is 0 Å². The van der Waals surface area contributed by atoms with Crippen LogP contribution in [0.4, 0.5) is 4.39 Å². The largest absolute Gasteiger partial charge is 0.487 e. The lowest BCUT2D eigenvalue weighted by atomic mass is 10.1. The molecule has 1 aromatic heterocycles. The van der Waals surface area contributed by atoms with Crippen molar-refractivity contribution in [1.82, 2.24) is 10.4 Å². The number of amides is 1. The molecule has 5 rings (SSSR count). The van der Waals surface area contributed by atoms with Crippen LogP contribution < -0.4 is 10.2 Å². The number of hydrogen-bond acceptors (Lipinski definition) is 6. The summed E-state index contributed by atoms with van der Waals surface area (Å²) in [5.41, 5.74) is 4.95. The van der Waals surface area contributed by atoms with Gasteiger partial charge in [-0.25, -0.2) is 18.2 Å². The van der Waals surface area contributed by atoms with Crippen molar-refractivity contribution in [3.8, 4) is 5.75 Å². The van der Waals surface area contributed by atoms with Crippen LogP contribution in [0.5, 0.6) is 5.75 Å². The van der Waals surface area contributed by atoms with Crippen LogP contribution in [0.1, 0.15) is 27.9 Å². The third-order valence-corrected chi connectivity index (χ3v) is 7.46. The predicted molar refractivity (Wildman–Crippen MR) is 130 cm³/mol. The number of carbonyl (C=O) groups excluding carboxylic acids is 1. The molecule has 7 nitrogen and oxygen atoms in total. The van der Waals surface area contributed by atoms with Crippen molar-refractivity contribution in [3.63, 3.8) is 0 Å². The zero-order valence-corrected chi connectivity index (χ0v) is 19.3. The van der Waals surface area contributed by atoms with Gasteiger partial charge < -0.3 is 4.74 Å². The van der Waals surface area contributed by atoms with Gasteiger partial charge in [-0.2, -0.15) is 5.10 Å². The molecule has 1 aliphatic heterocycles. The van der Waals surface area contributed by atoms with Crippen LogP contribution in [0.15, 0.2) is 89.0 Å². The lowest BCUT2D eigenvalue weighted by Crippen LogP contribution is -2.26. The fourth-order valence-electron chi connectivity index (χ4n) is 3.88. The van der Waals surface area contributed by atoms with Crippen LogP contribution >= 0.6 is 0 Å². The van der Waals surface area contributed by atoms with E-state index in [0.29, 0.717) is 23.6 Å². The standard InChI is InChI=1S/C26H20FN3O4S/c27-20-10-11-24-21(15-20)22(12-14-35(24,32)33)29-30-26(31)19-8-6-17(7-9-19)16-34-23-5-1-3-18-4-2-13-28-25(18)23/h1-11,13,15H,12,14,16H2,(H,30,31)/b29-22-. The number of carbonyl (C=O) groups is 1. The van der Waals surface area contributed by atoms with E-state index in [1.54, 1.807) is 30.5 Å². The zero-order valence-electron chi connectivity index (χ0n) is 18.4. The van der Waals surface area contributed by atoms with Crippen LogP contribution in [-0.4, -0.2) is 30.8 Å². The van der Waals surface area contributed by atoms with Gasteiger partial charge in [-0.3, -0.25) is 9.78 Å². The van der Waals surface area contributed by atoms with E-state index in [2.05, 4.69) is 15.5 Å². The summed E-state index contributed by atoms with van der Waals surface area (Å²) in [4.78, 5) is 17.0. The minimum atomic E-state index is -3.50. The molecule has 0 unspecified atom stereocenters. The van der Waals surface area contributed by atoms with Gasteiger partial charge in [0.25, 0.3) is 5.91 Å². The first-order valence-electron chi connectivity index (χ1n) is 10.9. The first-order valence-corrected chi connectivity index (χ1v) is 12.5. The van der Waals surface area contributed by atoms with Gasteiger partial charge in [0.1, 0.15) is 23.7 Å². The molecule has 0 saturated carbocycles. The fourth-order valence-corrected chi connectivity index (χ4v) is 5.35. The van der Waals surface area contributed by atoms with E-state index in [0.717, 1.165) is 28.6 Å². The molecule has 0 spiro atoms. The highest BCUT2D eigenvalue weighted by molar-refractivity contribution is 7.91. The van der Waals surface area contributed by atoms with Crippen LogP contribution in [-0.2, 0) is 16.4 Å². The summed E-state index contributed by atoms with van der Waals surface area (Å²) < 4.78 is 44.1. The summed E-state index contributed by atoms with van der Waals surface area (Å²) in [6, 6.07) is 19.9. The fraction of sp³-hybridized carbons (Fsp3) is 0.115. The average Bonchev–Trinajstić information content (AvgIpc) is 2.87. The van der Waals surface area contributed by atoms with Crippen LogP contribution in [0.25, 0.3) is 10.9 Å². The Labute approximate surface area is 201 Å². The molecule has 0 atom stereocenters. The minimum absolute atomic E-state index is 0.0175. The Kier molecular flexibility index (Phi) is 6.00. The maximum atomic E-state index is 13.7. The van der Waals surface area contributed by atoms with Crippen LogP contribution in [0.2, 0.25) is 0 Å². The summed E-state index contributed by atoms with van der Waals surface area (Å²) >= 11 is 0. The van der Waals surface area contributed by atoms with Crippen molar-refractivity contribution in [3.05, 3.63) is 102 Å². The van der Waals surface area contributed by atoms with E-state index in [-0.39, 0.29) is 22.6 Å². The van der Waals surface area contributed by atoms with E-state index in [9.17, 15) is 17.6 Å². The predicted octanol–water partition coefficient (Wildman–Crippen LogP) is 4.26. The van der Waals surface area contributed by atoms with Crippen molar-refractivity contribution in [2.75, 3.05) is 5.75 Å². The van der Waals surface area contributed by atoms with Gasteiger partial charge in [0.2, 0.25) is 0 Å². The maximum absolute atomic E-state index is 13.7. The topological polar surface area (TPSA) is 97.7 Å². The molecule has 0 bridgehead atoms. The molecule has 0 aliphatic carbocycles. The highest BCUT2D eigenvalue weighted by Gasteiger charge is 2.28. The second-order valence-corrected chi connectivity index (χ2v) is 10.1. The summed E-state index contributed by atoms with van der Waals surface area (Å²) in [6.07, 6.45) is 1.80. The monoisotopic (exact) mass is 489 g/mol. The molecule has 4 aromatic rings. The van der Waals surface area contributed by atoms with E-state index in [4.69, 9.17) is 4.74 Å². The Bertz CT molecular complexity index is 1560. The molecule has 0 radical (unpaired) electrons. The molecular formula is C26H20FN3O4S. The van der Waals surface area contributed by atoms with Gasteiger partial charge >= 0.3 is 0 Å². The number of pyridine rings is 1. The quantitative estimate of drug-likeness (QED) is 0.334. The lowest BCUT2D eigenvalue weighted by molar-refractivity contribution is 0.0954. The molecule has 1 N–H and O–H groups in total. The number of rotatable bonds is 5. The van der Waals surface area contributed by atoms with Crippen molar-refractivity contribution < 1.29 is 22.3 Å². The van der Waals surface area contributed by atoms with Gasteiger partial charge in [0.05, 0.1) is 16.4 Å². The molecule has 3 aromatic carbocycles. The number of para-hydroxylation sites is 1. The van der Waals surface area contributed by atoms with Gasteiger partial charge in [-0.05, 0) is 48.0 Å². The summed E-state index contributed by atoms with van der Waals surface area (Å²) in [6.45, 7) is 0.302. The third-order valence-electron chi connectivity index (χ3n) is 5.69. The second kappa shape index (κ2) is 9.27. The Morgan fingerprint density at radius 3 is 2.69 bits per heavy atom. The molecule has 0 fully saturated rings. The van der Waals surface area contributed by atoms with Gasteiger partial charge in [0.15, 0.2) is 9.84 Å². The molecule has 1 aliphatic rings. The van der Waals surface area contributed by atoms with Crippen molar-refractivity contribution >= 4 is 32.4 Å². The van der Waals surface area contributed by atoms with E-state index in [1.807, 2.05) is 30.3 Å². The number of hydrogen-bond donors (Lipinski definition) is 1. The number of sulfone groups is 1. The number of nitrogens with one attached hydrogen (secondary N) is 1. The maximum Gasteiger partial charge on any atom is 0.271 e. The number of aromatic nitrogens is 1. The number of hydrazone groups is 1. The van der Waals surface area contributed by atoms with Crippen molar-refractivity contribution in [1.29, 1.82) is 0 Å². The van der Waals surface area contributed by atoms with Gasteiger partial charge in [0, 0.05) is 29.1 Å². The van der Waals surface area contributed by atoms with Crippen molar-refractivity contribution in [2.45, 2.75) is 17.9 Å². The molecule has 9 heteroatoms. The average molecular weight is 490 g/mol. The summed E-state index contributed by atoms with van der Waals surface area (Å²) in [5.74, 6) is -0.514. The van der Waals surface area contributed by atoms with E-state index in [1.165, 1.54) is 6.07 Å². The van der Waals surface area contributed by atoms with E-state index < -0.39 is 21.6 Å². The Balaban J connectivity index is 1.27. The number of fused-ring (bicyclic) bond motifs is 2. The number of benzene rings is 3. The first-order chi connectivity index (χ1) is 16.9. The minimum Gasteiger partial charge on any atom is -0.487 e. The SMILES string of the molecule is O=C(N/N=C1/CCS(=O)(=O)c2ccc(F)cc21)c1ccc(COc2cccc3cccnc23)cc1. The highest BCUT2D eigenvalue weighted by atomic mass is 32.2. The molecular weight excluding hydrogens is 469 g/mol. The van der Waals surface area contributed by atoms with Crippen LogP contribution in [0, 0.1) is 5.82 Å². The van der Waals surface area contributed by atoms with Crippen LogP contribution in [0.3, 0.4) is 0 Å². The number of ether oxygens (including phenoxy) is 1. The second-order valence-electron chi connectivity index (χ2n) is 8.03.